The maximum Gasteiger partial charge on any atom is 0.323 e. The summed E-state index contributed by atoms with van der Waals surface area (Å²) in [6.07, 6.45) is 0.845. The molecule has 0 aliphatic rings. The number of urea groups is 2. The maximum absolute atomic E-state index is 12.4. The van der Waals surface area contributed by atoms with Crippen LogP contribution in [0, 0.1) is 6.92 Å². The van der Waals surface area contributed by atoms with Crippen LogP contribution in [0.4, 0.5) is 26.7 Å². The molecule has 0 saturated heterocycles. The number of ether oxygens (including phenoxy) is 1. The van der Waals surface area contributed by atoms with Gasteiger partial charge in [0, 0.05) is 24.1 Å². The second-order valence-electron chi connectivity index (χ2n) is 8.29. The van der Waals surface area contributed by atoms with Crippen molar-refractivity contribution >= 4 is 29.1 Å². The van der Waals surface area contributed by atoms with Gasteiger partial charge in [0.05, 0.1) is 0 Å². The summed E-state index contributed by atoms with van der Waals surface area (Å²) in [4.78, 5) is 23.8. The molecule has 0 aromatic heterocycles. The summed E-state index contributed by atoms with van der Waals surface area (Å²) in [5.74, 6) is 1.25. The standard InChI is InChI=1S/C29H28N4O3/c1-20-3-5-21(6-4-20)19-22-7-9-23(10-8-22)32-29(35)33-25-13-17-27(18-14-25)36-26-15-11-24(12-16-26)31-28(34)30-2/h3-18H,19H2,1-2H3,(H2,30,31,34)(H2,32,33,35). The Kier molecular flexibility index (Phi) is 7.83. The lowest BCUT2D eigenvalue weighted by molar-refractivity contribution is 0.254. The minimum atomic E-state index is -0.325. The molecule has 7 heteroatoms. The molecule has 4 N–H and O–H groups in total. The second-order valence-corrected chi connectivity index (χ2v) is 8.29. The zero-order valence-corrected chi connectivity index (χ0v) is 20.2. The first kappa shape index (κ1) is 24.3. The smallest absolute Gasteiger partial charge is 0.323 e. The monoisotopic (exact) mass is 480 g/mol. The summed E-state index contributed by atoms with van der Waals surface area (Å²) in [6.45, 7) is 2.08. The zero-order valence-electron chi connectivity index (χ0n) is 20.2. The van der Waals surface area contributed by atoms with E-state index in [1.165, 1.54) is 16.7 Å². The van der Waals surface area contributed by atoms with Crippen LogP contribution >= 0.6 is 0 Å². The van der Waals surface area contributed by atoms with Gasteiger partial charge in [0.2, 0.25) is 0 Å². The molecule has 0 aliphatic heterocycles. The van der Waals surface area contributed by atoms with Crippen molar-refractivity contribution in [2.24, 2.45) is 0 Å². The topological polar surface area (TPSA) is 91.5 Å². The van der Waals surface area contributed by atoms with E-state index in [0.29, 0.717) is 22.9 Å². The Morgan fingerprint density at radius 3 is 1.42 bits per heavy atom. The van der Waals surface area contributed by atoms with Crippen LogP contribution in [0.25, 0.3) is 0 Å². The summed E-state index contributed by atoms with van der Waals surface area (Å²) in [6, 6.07) is 29.8. The van der Waals surface area contributed by atoms with Crippen molar-refractivity contribution in [3.63, 3.8) is 0 Å². The normalized spacial score (nSPS) is 10.3. The zero-order chi connectivity index (χ0) is 25.3. The molecule has 182 valence electrons. The first-order chi connectivity index (χ1) is 17.5. The Morgan fingerprint density at radius 1 is 0.583 bits per heavy atom. The summed E-state index contributed by atoms with van der Waals surface area (Å²) < 4.78 is 5.82. The third-order valence-electron chi connectivity index (χ3n) is 5.43. The Hall–Kier alpha value is -4.78. The molecular weight excluding hydrogens is 452 g/mol. The number of hydrogen-bond acceptors (Lipinski definition) is 3. The van der Waals surface area contributed by atoms with Gasteiger partial charge in [-0.3, -0.25) is 0 Å². The molecule has 4 aromatic carbocycles. The SMILES string of the molecule is CNC(=O)Nc1ccc(Oc2ccc(NC(=O)Nc3ccc(Cc4ccc(C)cc4)cc3)cc2)cc1. The number of anilines is 3. The molecule has 4 aromatic rings. The Bertz CT molecular complexity index is 1300. The number of benzene rings is 4. The van der Waals surface area contributed by atoms with E-state index in [-0.39, 0.29) is 12.1 Å². The third kappa shape index (κ3) is 7.11. The van der Waals surface area contributed by atoms with E-state index < -0.39 is 0 Å². The quantitative estimate of drug-likeness (QED) is 0.235. The number of aryl methyl sites for hydroxylation is 1. The molecule has 0 saturated carbocycles. The average molecular weight is 481 g/mol. The summed E-state index contributed by atoms with van der Waals surface area (Å²) >= 11 is 0. The van der Waals surface area contributed by atoms with E-state index in [4.69, 9.17) is 4.74 Å². The first-order valence-corrected chi connectivity index (χ1v) is 11.6. The Labute approximate surface area is 210 Å². The number of nitrogens with one attached hydrogen (secondary N) is 4. The Balaban J connectivity index is 1.26. The predicted molar refractivity (Wildman–Crippen MR) is 144 cm³/mol. The van der Waals surface area contributed by atoms with Crippen molar-refractivity contribution in [2.45, 2.75) is 13.3 Å². The summed E-state index contributed by atoms with van der Waals surface area (Å²) in [5, 5.41) is 10.9. The number of hydrogen-bond donors (Lipinski definition) is 4. The van der Waals surface area contributed by atoms with Gasteiger partial charge in [-0.15, -0.1) is 0 Å². The van der Waals surface area contributed by atoms with Crippen LogP contribution in [-0.2, 0) is 6.42 Å². The summed E-state index contributed by atoms with van der Waals surface area (Å²) in [7, 11) is 1.56. The fraction of sp³-hybridized carbons (Fsp3) is 0.103. The number of carbonyl (C=O) groups excluding carboxylic acids is 2. The van der Waals surface area contributed by atoms with Crippen molar-refractivity contribution in [2.75, 3.05) is 23.0 Å². The molecule has 0 fully saturated rings. The van der Waals surface area contributed by atoms with Crippen molar-refractivity contribution in [3.8, 4) is 11.5 Å². The van der Waals surface area contributed by atoms with Gasteiger partial charge in [-0.1, -0.05) is 42.0 Å². The van der Waals surface area contributed by atoms with E-state index >= 15 is 0 Å². The molecular formula is C29H28N4O3. The largest absolute Gasteiger partial charge is 0.457 e. The molecule has 0 atom stereocenters. The van der Waals surface area contributed by atoms with Crippen LogP contribution in [0.3, 0.4) is 0 Å². The van der Waals surface area contributed by atoms with Crippen LogP contribution < -0.4 is 26.0 Å². The first-order valence-electron chi connectivity index (χ1n) is 11.6. The van der Waals surface area contributed by atoms with Crippen molar-refractivity contribution < 1.29 is 14.3 Å². The van der Waals surface area contributed by atoms with E-state index in [9.17, 15) is 9.59 Å². The molecule has 0 spiro atoms. The number of amides is 4. The number of carbonyl (C=O) groups is 2. The molecule has 0 aliphatic carbocycles. The van der Waals surface area contributed by atoms with E-state index in [1.54, 1.807) is 55.6 Å². The maximum atomic E-state index is 12.4. The van der Waals surface area contributed by atoms with Gasteiger partial charge < -0.3 is 26.0 Å². The minimum absolute atomic E-state index is 0.286. The molecule has 0 unspecified atom stereocenters. The molecule has 0 heterocycles. The highest BCUT2D eigenvalue weighted by atomic mass is 16.5. The minimum Gasteiger partial charge on any atom is -0.457 e. The van der Waals surface area contributed by atoms with Gasteiger partial charge in [-0.25, -0.2) is 9.59 Å². The molecule has 7 nitrogen and oxygen atoms in total. The highest BCUT2D eigenvalue weighted by Gasteiger charge is 2.05. The molecule has 0 bridgehead atoms. The van der Waals surface area contributed by atoms with E-state index in [1.807, 2.05) is 24.3 Å². The predicted octanol–water partition coefficient (Wildman–Crippen LogP) is 6.77. The highest BCUT2D eigenvalue weighted by molar-refractivity contribution is 5.99. The number of rotatable bonds is 7. The fourth-order valence-electron chi connectivity index (χ4n) is 3.48. The molecule has 4 amide bonds. The fourth-order valence-corrected chi connectivity index (χ4v) is 3.48. The van der Waals surface area contributed by atoms with Crippen molar-refractivity contribution in [1.82, 2.24) is 5.32 Å². The lowest BCUT2D eigenvalue weighted by atomic mass is 10.0. The third-order valence-corrected chi connectivity index (χ3v) is 5.43. The van der Waals surface area contributed by atoms with Crippen molar-refractivity contribution in [1.29, 1.82) is 0 Å². The van der Waals surface area contributed by atoms with E-state index in [2.05, 4.69) is 52.5 Å². The lowest BCUT2D eigenvalue weighted by Gasteiger charge is -2.10. The van der Waals surface area contributed by atoms with Crippen LogP contribution in [0.1, 0.15) is 16.7 Å². The van der Waals surface area contributed by atoms with Crippen LogP contribution in [0.5, 0.6) is 11.5 Å². The molecule has 4 rings (SSSR count). The Morgan fingerprint density at radius 2 is 0.972 bits per heavy atom. The van der Waals surface area contributed by atoms with E-state index in [0.717, 1.165) is 12.1 Å². The van der Waals surface area contributed by atoms with Gasteiger partial charge in [0.25, 0.3) is 0 Å². The van der Waals surface area contributed by atoms with Crippen LogP contribution in [0.2, 0.25) is 0 Å². The van der Waals surface area contributed by atoms with Gasteiger partial charge in [0.1, 0.15) is 11.5 Å². The summed E-state index contributed by atoms with van der Waals surface area (Å²) in [5.41, 5.74) is 5.69. The second kappa shape index (κ2) is 11.6. The molecule has 36 heavy (non-hydrogen) atoms. The van der Waals surface area contributed by atoms with Gasteiger partial charge in [0.15, 0.2) is 0 Å². The van der Waals surface area contributed by atoms with Gasteiger partial charge >= 0.3 is 12.1 Å². The highest BCUT2D eigenvalue weighted by Crippen LogP contribution is 2.24. The van der Waals surface area contributed by atoms with Gasteiger partial charge in [-0.05, 0) is 85.1 Å². The van der Waals surface area contributed by atoms with Crippen molar-refractivity contribution in [3.05, 3.63) is 114 Å². The lowest BCUT2D eigenvalue weighted by Crippen LogP contribution is -2.24. The van der Waals surface area contributed by atoms with Crippen LogP contribution in [-0.4, -0.2) is 19.1 Å². The van der Waals surface area contributed by atoms with Gasteiger partial charge in [-0.2, -0.15) is 0 Å². The van der Waals surface area contributed by atoms with Crippen LogP contribution in [0.15, 0.2) is 97.1 Å². The molecule has 0 radical (unpaired) electrons. The average Bonchev–Trinajstić information content (AvgIpc) is 2.89.